The molecule has 0 fully saturated rings. The van der Waals surface area contributed by atoms with E-state index in [9.17, 15) is 40.7 Å². The van der Waals surface area contributed by atoms with Gasteiger partial charge in [-0.3, -0.25) is 20.2 Å². The number of hydrogen-bond acceptors (Lipinski definition) is 11. The quantitative estimate of drug-likeness (QED) is 0.0142. The Morgan fingerprint density at radius 2 is 0.900 bits per heavy atom. The van der Waals surface area contributed by atoms with Crippen LogP contribution >= 0.6 is 20.6 Å². The molecule has 0 radical (unpaired) electrons. The van der Waals surface area contributed by atoms with E-state index in [0.717, 1.165) is 16.7 Å². The number of nitrogens with zero attached hydrogens (tertiary/aromatic N) is 2. The normalized spacial score (nSPS) is 12.5. The minimum absolute atomic E-state index is 0.0752. The lowest BCUT2D eigenvalue weighted by Gasteiger charge is -2.45. The Hall–Kier alpha value is -4.62. The molecule has 0 bridgehead atoms. The maximum absolute atomic E-state index is 11.7. The molecular formula is C44H53BN2O11S2. The van der Waals surface area contributed by atoms with Crippen LogP contribution in [0.2, 0.25) is 0 Å². The summed E-state index contributed by atoms with van der Waals surface area (Å²) in [5, 5.41) is 65.1. The minimum Gasteiger partial charge on any atom is -0.395 e. The Balaban J connectivity index is 1.54. The van der Waals surface area contributed by atoms with Crippen LogP contribution in [-0.4, -0.2) is 93.6 Å². The summed E-state index contributed by atoms with van der Waals surface area (Å²) < 4.78 is 20.3. The topological polar surface area (TPSA) is 195 Å². The van der Waals surface area contributed by atoms with Gasteiger partial charge in [0.2, 0.25) is 0 Å². The second-order valence-electron chi connectivity index (χ2n) is 14.2. The van der Waals surface area contributed by atoms with Crippen molar-refractivity contribution in [1.29, 1.82) is 0 Å². The third kappa shape index (κ3) is 12.2. The number of rotatable bonds is 26. The molecule has 16 heteroatoms. The zero-order chi connectivity index (χ0) is 42.9. The average Bonchev–Trinajstić information content (AvgIpc) is 3.25. The summed E-state index contributed by atoms with van der Waals surface area (Å²) in [6.07, 6.45) is 1.08. The van der Waals surface area contributed by atoms with Gasteiger partial charge in [-0.2, -0.15) is 0 Å². The molecule has 0 saturated heterocycles. The predicted molar refractivity (Wildman–Crippen MR) is 239 cm³/mol. The van der Waals surface area contributed by atoms with Crippen LogP contribution in [0.4, 0.5) is 11.4 Å². The van der Waals surface area contributed by atoms with E-state index < -0.39 is 43.2 Å². The average molecular weight is 861 g/mol. The van der Waals surface area contributed by atoms with E-state index in [0.29, 0.717) is 24.0 Å². The molecule has 320 valence electrons. The van der Waals surface area contributed by atoms with Crippen LogP contribution in [0.25, 0.3) is 0 Å². The monoisotopic (exact) mass is 860 g/mol. The van der Waals surface area contributed by atoms with Crippen molar-refractivity contribution in [3.63, 3.8) is 0 Å². The number of nitro benzene ring substituents is 2. The maximum atomic E-state index is 11.7. The molecule has 0 amide bonds. The zero-order valence-corrected chi connectivity index (χ0v) is 35.0. The Morgan fingerprint density at radius 3 is 1.23 bits per heavy atom. The Labute approximate surface area is 354 Å². The standard InChI is InChI=1S/C44H53BN2O11S2/c48-24-29-59(30-25-49,35-37-13-10-21-42(33-37)46(52)53)57-45(58-60(31-26-50,32-27-51)36-38-14-11-22-43(34-38)47(54)55)56-28-12-23-44(39-15-4-1-5-16-39,40-17-6-2-7-18-40)41-19-8-3-9-20-41/h1-11,13-22,33-34,48-51H,12,23-32,35-36H2. The van der Waals surface area contributed by atoms with Gasteiger partial charge in [-0.15, -0.1) is 20.6 Å². The van der Waals surface area contributed by atoms with Gasteiger partial charge in [-0.05, 0) is 40.7 Å². The molecule has 0 atom stereocenters. The number of non-ortho nitro benzene ring substituents is 2. The van der Waals surface area contributed by atoms with Gasteiger partial charge < -0.3 is 33.3 Å². The SMILES string of the molecule is O=[N+]([O-])c1cccc(CS(CCO)(CCO)OB(OCCCC(c2ccccc2)(c2ccccc2)c2ccccc2)OS(CCO)(CCO)Cc2cccc([N+](=O)[O-])c2)c1. The molecular weight excluding hydrogens is 807 g/mol. The lowest BCUT2D eigenvalue weighted by atomic mass is 9.67. The highest BCUT2D eigenvalue weighted by Crippen LogP contribution is 2.57. The molecule has 0 unspecified atom stereocenters. The van der Waals surface area contributed by atoms with Crippen molar-refractivity contribution in [1.82, 2.24) is 0 Å². The van der Waals surface area contributed by atoms with E-state index in [2.05, 4.69) is 36.4 Å². The summed E-state index contributed by atoms with van der Waals surface area (Å²) in [6, 6.07) is 42.9. The molecule has 0 aliphatic heterocycles. The molecule has 0 saturated carbocycles. The summed E-state index contributed by atoms with van der Waals surface area (Å²) in [5.41, 5.74) is 3.54. The van der Waals surface area contributed by atoms with Crippen LogP contribution < -0.4 is 0 Å². The highest BCUT2D eigenvalue weighted by molar-refractivity contribution is 8.30. The first-order chi connectivity index (χ1) is 29.1. The smallest absolute Gasteiger partial charge is 0.395 e. The lowest BCUT2D eigenvalue weighted by molar-refractivity contribution is -0.385. The molecule has 0 aromatic heterocycles. The fourth-order valence-electron chi connectivity index (χ4n) is 7.57. The molecule has 0 aliphatic rings. The van der Waals surface area contributed by atoms with E-state index in [1.54, 1.807) is 24.3 Å². The molecule has 60 heavy (non-hydrogen) atoms. The summed E-state index contributed by atoms with van der Waals surface area (Å²) in [7, 11) is -6.56. The summed E-state index contributed by atoms with van der Waals surface area (Å²) >= 11 is 0. The molecule has 5 rings (SSSR count). The molecule has 0 aliphatic carbocycles. The fraction of sp³-hybridized carbons (Fsp3) is 0.318. The lowest BCUT2D eigenvalue weighted by Crippen LogP contribution is -2.37. The second kappa shape index (κ2) is 22.8. The van der Waals surface area contributed by atoms with Crippen molar-refractivity contribution in [2.75, 3.05) is 56.0 Å². The Morgan fingerprint density at radius 1 is 0.533 bits per heavy atom. The highest BCUT2D eigenvalue weighted by atomic mass is 32.3. The van der Waals surface area contributed by atoms with Gasteiger partial charge in [-0.25, -0.2) is 0 Å². The largest absolute Gasteiger partial charge is 0.660 e. The number of benzene rings is 5. The van der Waals surface area contributed by atoms with Crippen molar-refractivity contribution in [3.05, 3.63) is 188 Å². The first-order valence-corrected chi connectivity index (χ1v) is 23.8. The molecule has 0 spiro atoms. The van der Waals surface area contributed by atoms with Crippen LogP contribution in [0.5, 0.6) is 0 Å². The fourth-order valence-corrected chi connectivity index (χ4v) is 12.9. The number of nitro groups is 2. The third-order valence-electron chi connectivity index (χ3n) is 10.3. The number of aliphatic hydroxyl groups excluding tert-OH is 4. The van der Waals surface area contributed by atoms with Crippen LogP contribution in [0.1, 0.15) is 40.7 Å². The van der Waals surface area contributed by atoms with Gasteiger partial charge >= 0.3 is 7.32 Å². The van der Waals surface area contributed by atoms with Gasteiger partial charge in [0, 0.05) is 70.8 Å². The molecule has 5 aromatic rings. The van der Waals surface area contributed by atoms with Crippen LogP contribution in [0.15, 0.2) is 140 Å². The minimum atomic E-state index is -2.55. The zero-order valence-electron chi connectivity index (χ0n) is 33.4. The van der Waals surface area contributed by atoms with Crippen molar-refractivity contribution in [3.8, 4) is 0 Å². The van der Waals surface area contributed by atoms with Gasteiger partial charge in [0.05, 0.1) is 36.3 Å². The van der Waals surface area contributed by atoms with Gasteiger partial charge in [0.25, 0.3) is 11.4 Å². The summed E-state index contributed by atoms with van der Waals surface area (Å²) in [5.74, 6) is 0.534. The molecule has 5 aromatic carbocycles. The Kier molecular flexibility index (Phi) is 17.7. The predicted octanol–water partition coefficient (Wildman–Crippen LogP) is 7.46. The highest BCUT2D eigenvalue weighted by Gasteiger charge is 2.41. The third-order valence-corrected chi connectivity index (χ3v) is 16.8. The number of aliphatic hydroxyl groups is 4. The van der Waals surface area contributed by atoms with Gasteiger partial charge in [0.1, 0.15) is 0 Å². The first kappa shape index (κ1) is 46.5. The maximum Gasteiger partial charge on any atom is 0.660 e. The summed E-state index contributed by atoms with van der Waals surface area (Å²) in [4.78, 5) is 22.4. The van der Waals surface area contributed by atoms with E-state index in [4.69, 9.17) is 12.9 Å². The first-order valence-electron chi connectivity index (χ1n) is 19.7. The van der Waals surface area contributed by atoms with Gasteiger partial charge in [-0.1, -0.05) is 115 Å². The molecule has 0 heterocycles. The van der Waals surface area contributed by atoms with E-state index in [-0.39, 0.29) is 78.9 Å². The van der Waals surface area contributed by atoms with E-state index in [1.807, 2.05) is 54.6 Å². The van der Waals surface area contributed by atoms with Crippen molar-refractivity contribution in [2.45, 2.75) is 29.8 Å². The molecule has 13 nitrogen and oxygen atoms in total. The Bertz CT molecular complexity index is 1900. The number of hydrogen-bond donors (Lipinski definition) is 4. The van der Waals surface area contributed by atoms with E-state index >= 15 is 0 Å². The van der Waals surface area contributed by atoms with Crippen molar-refractivity contribution in [2.24, 2.45) is 0 Å². The van der Waals surface area contributed by atoms with Crippen LogP contribution in [0, 0.1) is 20.2 Å². The van der Waals surface area contributed by atoms with Crippen LogP contribution in [-0.2, 0) is 29.8 Å². The van der Waals surface area contributed by atoms with E-state index in [1.165, 1.54) is 24.3 Å². The second-order valence-corrected chi connectivity index (χ2v) is 20.7. The summed E-state index contributed by atoms with van der Waals surface area (Å²) in [6.45, 7) is -1.21. The van der Waals surface area contributed by atoms with Gasteiger partial charge in [0.15, 0.2) is 0 Å². The van der Waals surface area contributed by atoms with Crippen molar-refractivity contribution < 1.29 is 43.1 Å². The van der Waals surface area contributed by atoms with Crippen molar-refractivity contribution >= 4 is 39.3 Å². The molecule has 4 N–H and O–H groups in total. The van der Waals surface area contributed by atoms with Crippen LogP contribution in [0.3, 0.4) is 0 Å².